The Bertz CT molecular complexity index is 492. The van der Waals surface area contributed by atoms with Crippen LogP contribution < -0.4 is 5.73 Å². The molecule has 0 saturated heterocycles. The first kappa shape index (κ1) is 13.2. The quantitative estimate of drug-likeness (QED) is 0.891. The van der Waals surface area contributed by atoms with Crippen LogP contribution in [0.15, 0.2) is 35.8 Å². The molecule has 0 aliphatic carbocycles. The summed E-state index contributed by atoms with van der Waals surface area (Å²) in [6.45, 7) is 4.23. The second-order valence-corrected chi connectivity index (χ2v) is 5.68. The Morgan fingerprint density at radius 2 is 2.00 bits per heavy atom. The summed E-state index contributed by atoms with van der Waals surface area (Å²) < 4.78 is 0. The standard InChI is InChI=1S/C15H20N2S/c1-3-15(16,13-7-5-4-6-8-13)10-9-14-12(2)17-11-18-14/h4-8,11H,3,9-10,16H2,1-2H3. The van der Waals surface area contributed by atoms with E-state index in [1.54, 1.807) is 11.3 Å². The summed E-state index contributed by atoms with van der Waals surface area (Å²) in [5.41, 5.74) is 10.6. The van der Waals surface area contributed by atoms with Crippen molar-refractivity contribution in [2.75, 3.05) is 0 Å². The Morgan fingerprint density at radius 3 is 2.56 bits per heavy atom. The highest BCUT2D eigenvalue weighted by Gasteiger charge is 2.25. The molecule has 2 nitrogen and oxygen atoms in total. The molecule has 96 valence electrons. The molecule has 0 aliphatic rings. The fourth-order valence-corrected chi connectivity index (χ4v) is 2.98. The molecule has 2 aromatic rings. The number of nitrogens with two attached hydrogens (primary N) is 1. The summed E-state index contributed by atoms with van der Waals surface area (Å²) in [6, 6.07) is 10.4. The second-order valence-electron chi connectivity index (χ2n) is 4.74. The van der Waals surface area contributed by atoms with Gasteiger partial charge in [-0.25, -0.2) is 4.98 Å². The van der Waals surface area contributed by atoms with E-state index in [4.69, 9.17) is 5.73 Å². The van der Waals surface area contributed by atoms with Gasteiger partial charge in [0.25, 0.3) is 0 Å². The third-order valence-corrected chi connectivity index (χ3v) is 4.62. The number of nitrogens with zero attached hydrogens (tertiary/aromatic N) is 1. The van der Waals surface area contributed by atoms with Crippen molar-refractivity contribution in [3.8, 4) is 0 Å². The van der Waals surface area contributed by atoms with Gasteiger partial charge in [0.1, 0.15) is 0 Å². The zero-order valence-electron chi connectivity index (χ0n) is 11.0. The minimum atomic E-state index is -0.225. The summed E-state index contributed by atoms with van der Waals surface area (Å²) in [4.78, 5) is 5.65. The summed E-state index contributed by atoms with van der Waals surface area (Å²) in [5, 5.41) is 0. The van der Waals surface area contributed by atoms with E-state index in [-0.39, 0.29) is 5.54 Å². The molecule has 0 saturated carbocycles. The van der Waals surface area contributed by atoms with Crippen molar-refractivity contribution in [3.63, 3.8) is 0 Å². The first-order chi connectivity index (χ1) is 8.65. The Labute approximate surface area is 113 Å². The molecule has 0 radical (unpaired) electrons. The van der Waals surface area contributed by atoms with Gasteiger partial charge in [-0.2, -0.15) is 0 Å². The molecular formula is C15H20N2S. The Kier molecular flexibility index (Phi) is 4.15. The molecule has 0 spiro atoms. The topological polar surface area (TPSA) is 38.9 Å². The molecule has 1 aromatic carbocycles. The van der Waals surface area contributed by atoms with Crippen LogP contribution in [0.1, 0.15) is 35.9 Å². The molecule has 0 bridgehead atoms. The lowest BCUT2D eigenvalue weighted by Gasteiger charge is -2.28. The van der Waals surface area contributed by atoms with Crippen molar-refractivity contribution in [2.24, 2.45) is 5.73 Å². The van der Waals surface area contributed by atoms with Gasteiger partial charge in [0.15, 0.2) is 0 Å². The van der Waals surface area contributed by atoms with Gasteiger partial charge in [-0.05, 0) is 31.7 Å². The Hall–Kier alpha value is -1.19. The number of thiazole rings is 1. The van der Waals surface area contributed by atoms with Crippen LogP contribution in [0.25, 0.3) is 0 Å². The first-order valence-electron chi connectivity index (χ1n) is 6.39. The largest absolute Gasteiger partial charge is 0.321 e. The number of rotatable bonds is 5. The highest BCUT2D eigenvalue weighted by Crippen LogP contribution is 2.28. The average Bonchev–Trinajstić information content (AvgIpc) is 2.83. The van der Waals surface area contributed by atoms with E-state index < -0.39 is 0 Å². The number of aryl methyl sites for hydroxylation is 2. The van der Waals surface area contributed by atoms with E-state index in [0.717, 1.165) is 25.0 Å². The van der Waals surface area contributed by atoms with Crippen LogP contribution >= 0.6 is 11.3 Å². The summed E-state index contributed by atoms with van der Waals surface area (Å²) in [5.74, 6) is 0. The zero-order valence-corrected chi connectivity index (χ0v) is 11.8. The van der Waals surface area contributed by atoms with Gasteiger partial charge >= 0.3 is 0 Å². The van der Waals surface area contributed by atoms with Crippen LogP contribution in [0.2, 0.25) is 0 Å². The lowest BCUT2D eigenvalue weighted by Crippen LogP contribution is -2.36. The number of benzene rings is 1. The van der Waals surface area contributed by atoms with E-state index in [1.807, 2.05) is 11.6 Å². The Balaban J connectivity index is 2.12. The van der Waals surface area contributed by atoms with Crippen LogP contribution in [-0.2, 0) is 12.0 Å². The van der Waals surface area contributed by atoms with E-state index >= 15 is 0 Å². The van der Waals surface area contributed by atoms with Crippen LogP contribution in [0.5, 0.6) is 0 Å². The SMILES string of the molecule is CCC(N)(CCc1scnc1C)c1ccccc1. The fourth-order valence-electron chi connectivity index (χ4n) is 2.20. The van der Waals surface area contributed by atoms with Gasteiger partial charge in [-0.1, -0.05) is 37.3 Å². The molecular weight excluding hydrogens is 240 g/mol. The third kappa shape index (κ3) is 2.79. The molecule has 3 heteroatoms. The van der Waals surface area contributed by atoms with Crippen molar-refractivity contribution in [1.82, 2.24) is 4.98 Å². The molecule has 0 amide bonds. The van der Waals surface area contributed by atoms with Crippen LogP contribution in [-0.4, -0.2) is 4.98 Å². The third-order valence-electron chi connectivity index (χ3n) is 3.62. The van der Waals surface area contributed by atoms with E-state index in [0.29, 0.717) is 0 Å². The summed E-state index contributed by atoms with van der Waals surface area (Å²) in [6.07, 6.45) is 2.93. The number of aromatic nitrogens is 1. The maximum absolute atomic E-state index is 6.57. The van der Waals surface area contributed by atoms with E-state index in [2.05, 4.69) is 43.1 Å². The van der Waals surface area contributed by atoms with Crippen molar-refractivity contribution in [3.05, 3.63) is 52.0 Å². The predicted molar refractivity (Wildman–Crippen MR) is 77.8 cm³/mol. The monoisotopic (exact) mass is 260 g/mol. The van der Waals surface area contributed by atoms with Gasteiger partial charge < -0.3 is 5.73 Å². The van der Waals surface area contributed by atoms with Crippen LogP contribution in [0.3, 0.4) is 0 Å². The van der Waals surface area contributed by atoms with Gasteiger partial charge in [0.2, 0.25) is 0 Å². The molecule has 1 atom stereocenters. The highest BCUT2D eigenvalue weighted by molar-refractivity contribution is 7.09. The predicted octanol–water partition coefficient (Wildman–Crippen LogP) is 3.65. The minimum Gasteiger partial charge on any atom is -0.321 e. The van der Waals surface area contributed by atoms with E-state index in [1.165, 1.54) is 10.4 Å². The summed E-state index contributed by atoms with van der Waals surface area (Å²) in [7, 11) is 0. The molecule has 2 rings (SSSR count). The highest BCUT2D eigenvalue weighted by atomic mass is 32.1. The maximum atomic E-state index is 6.57. The fraction of sp³-hybridized carbons (Fsp3) is 0.400. The molecule has 1 heterocycles. The molecule has 18 heavy (non-hydrogen) atoms. The molecule has 0 fully saturated rings. The lowest BCUT2D eigenvalue weighted by molar-refractivity contribution is 0.395. The minimum absolute atomic E-state index is 0.225. The van der Waals surface area contributed by atoms with Gasteiger partial charge in [0.05, 0.1) is 11.2 Å². The van der Waals surface area contributed by atoms with Gasteiger partial charge in [-0.3, -0.25) is 0 Å². The Morgan fingerprint density at radius 1 is 1.28 bits per heavy atom. The molecule has 1 aromatic heterocycles. The second kappa shape index (κ2) is 5.63. The molecule has 2 N–H and O–H groups in total. The van der Waals surface area contributed by atoms with Gasteiger partial charge in [0, 0.05) is 10.4 Å². The lowest BCUT2D eigenvalue weighted by atomic mass is 9.84. The van der Waals surface area contributed by atoms with Crippen molar-refractivity contribution >= 4 is 11.3 Å². The van der Waals surface area contributed by atoms with Crippen molar-refractivity contribution < 1.29 is 0 Å². The first-order valence-corrected chi connectivity index (χ1v) is 7.27. The zero-order chi connectivity index (χ0) is 13.0. The molecule has 0 aliphatic heterocycles. The maximum Gasteiger partial charge on any atom is 0.0797 e. The van der Waals surface area contributed by atoms with Crippen molar-refractivity contribution in [2.45, 2.75) is 38.6 Å². The molecule has 1 unspecified atom stereocenters. The smallest absolute Gasteiger partial charge is 0.0797 e. The average molecular weight is 260 g/mol. The van der Waals surface area contributed by atoms with E-state index in [9.17, 15) is 0 Å². The number of hydrogen-bond donors (Lipinski definition) is 1. The van der Waals surface area contributed by atoms with Gasteiger partial charge in [-0.15, -0.1) is 11.3 Å². The number of hydrogen-bond acceptors (Lipinski definition) is 3. The van der Waals surface area contributed by atoms with Crippen molar-refractivity contribution in [1.29, 1.82) is 0 Å². The normalized spacial score (nSPS) is 14.4. The van der Waals surface area contributed by atoms with Crippen LogP contribution in [0, 0.1) is 6.92 Å². The summed E-state index contributed by atoms with van der Waals surface area (Å²) >= 11 is 1.73. The van der Waals surface area contributed by atoms with Crippen LogP contribution in [0.4, 0.5) is 0 Å².